The van der Waals surface area contributed by atoms with E-state index in [-0.39, 0.29) is 35.0 Å². The predicted octanol–water partition coefficient (Wildman–Crippen LogP) is 8.19. The maximum Gasteiger partial charge on any atom is 0.338 e. The summed E-state index contributed by atoms with van der Waals surface area (Å²) in [5.74, 6) is -0.314. The number of esters is 1. The molecule has 8 heteroatoms. The summed E-state index contributed by atoms with van der Waals surface area (Å²) in [6, 6.07) is 12.2. The maximum absolute atomic E-state index is 14.6. The van der Waals surface area contributed by atoms with E-state index in [1.807, 2.05) is 50.2 Å². The van der Waals surface area contributed by atoms with E-state index in [4.69, 9.17) is 27.9 Å². The zero-order chi connectivity index (χ0) is 31.0. The van der Waals surface area contributed by atoms with Gasteiger partial charge in [0.15, 0.2) is 0 Å². The van der Waals surface area contributed by atoms with Crippen LogP contribution in [0.5, 0.6) is 0 Å². The van der Waals surface area contributed by atoms with E-state index in [9.17, 15) is 9.59 Å². The number of piperidine rings is 1. The van der Waals surface area contributed by atoms with Crippen LogP contribution in [0.25, 0.3) is 0 Å². The van der Waals surface area contributed by atoms with Gasteiger partial charge < -0.3 is 9.64 Å². The Kier molecular flexibility index (Phi) is 9.74. The first-order chi connectivity index (χ1) is 19.5. The molecule has 0 bridgehead atoms. The molecule has 2 aromatic carbocycles. The SMILES string of the molecule is CC(C)OC(=O)c1ccc([C@@H](CCC(C)(C)C)N2C(=O)C(c3cc(Cl)cc(Cl)c3)NC23CCN(C(C)(C)C)CC3)cc1. The Balaban J connectivity index is 1.77. The minimum Gasteiger partial charge on any atom is -0.459 e. The number of hydrogen-bond acceptors (Lipinski definition) is 5. The van der Waals surface area contributed by atoms with Crippen LogP contribution < -0.4 is 5.32 Å². The minimum atomic E-state index is -0.556. The first-order valence-corrected chi connectivity index (χ1v) is 15.9. The molecule has 0 saturated carbocycles. The first-order valence-electron chi connectivity index (χ1n) is 15.1. The zero-order valence-corrected chi connectivity index (χ0v) is 27.9. The lowest BCUT2D eigenvalue weighted by atomic mass is 9.84. The standard InChI is InChI=1S/C34H47Cl2N3O3/c1-22(2)42-31(41)24-11-9-23(10-12-24)28(13-14-32(3,4)5)39-30(40)29(25-19-26(35)21-27(36)20-25)37-34(39)15-17-38(18-16-34)33(6,7)8/h9-12,19-22,28-29,37H,13-18H2,1-8H3/t28-,29?/m1/s1. The van der Waals surface area contributed by atoms with Crippen LogP contribution in [0.4, 0.5) is 0 Å². The summed E-state index contributed by atoms with van der Waals surface area (Å²) < 4.78 is 5.42. The molecule has 1 N–H and O–H groups in total. The molecule has 2 saturated heterocycles. The van der Waals surface area contributed by atoms with Crippen molar-refractivity contribution < 1.29 is 14.3 Å². The van der Waals surface area contributed by atoms with Crippen LogP contribution in [0.15, 0.2) is 42.5 Å². The van der Waals surface area contributed by atoms with Gasteiger partial charge in [-0.15, -0.1) is 0 Å². The number of nitrogens with zero attached hydrogens (tertiary/aromatic N) is 2. The Hall–Kier alpha value is -2.12. The van der Waals surface area contributed by atoms with E-state index in [1.54, 1.807) is 6.07 Å². The van der Waals surface area contributed by atoms with Crippen LogP contribution in [0, 0.1) is 5.41 Å². The van der Waals surface area contributed by atoms with E-state index in [0.29, 0.717) is 15.6 Å². The second-order valence-electron chi connectivity index (χ2n) is 14.4. The average molecular weight is 617 g/mol. The summed E-state index contributed by atoms with van der Waals surface area (Å²) in [7, 11) is 0. The van der Waals surface area contributed by atoms with Gasteiger partial charge in [-0.25, -0.2) is 4.79 Å². The van der Waals surface area contributed by atoms with E-state index < -0.39 is 11.7 Å². The second kappa shape index (κ2) is 12.5. The van der Waals surface area contributed by atoms with Crippen LogP contribution in [-0.4, -0.2) is 52.1 Å². The summed E-state index contributed by atoms with van der Waals surface area (Å²) in [5.41, 5.74) is 1.89. The molecule has 1 unspecified atom stereocenters. The quantitative estimate of drug-likeness (QED) is 0.318. The highest BCUT2D eigenvalue weighted by atomic mass is 35.5. The highest BCUT2D eigenvalue weighted by Gasteiger charge is 2.55. The summed E-state index contributed by atoms with van der Waals surface area (Å²) in [6.07, 6.45) is 3.12. The number of ether oxygens (including phenoxy) is 1. The molecule has 0 aliphatic carbocycles. The molecule has 2 aliphatic rings. The molecule has 4 rings (SSSR count). The van der Waals surface area contributed by atoms with Gasteiger partial charge in [-0.1, -0.05) is 56.1 Å². The summed E-state index contributed by atoms with van der Waals surface area (Å²) in [6.45, 7) is 18.8. The molecule has 2 fully saturated rings. The third-order valence-electron chi connectivity index (χ3n) is 8.47. The van der Waals surface area contributed by atoms with Gasteiger partial charge in [-0.2, -0.15) is 0 Å². The van der Waals surface area contributed by atoms with Gasteiger partial charge in [-0.05, 0) is 107 Å². The number of nitrogens with one attached hydrogen (secondary N) is 1. The van der Waals surface area contributed by atoms with Crippen molar-refractivity contribution in [3.8, 4) is 0 Å². The van der Waals surface area contributed by atoms with Crippen LogP contribution in [0.2, 0.25) is 10.0 Å². The molecule has 230 valence electrons. The molecule has 2 aliphatic heterocycles. The van der Waals surface area contributed by atoms with E-state index in [1.165, 1.54) is 0 Å². The maximum atomic E-state index is 14.6. The van der Waals surface area contributed by atoms with E-state index in [0.717, 1.165) is 49.9 Å². The normalized spacial score (nSPS) is 20.4. The Labute approximate surface area is 262 Å². The summed E-state index contributed by atoms with van der Waals surface area (Å²) in [5, 5.41) is 4.82. The lowest BCUT2D eigenvalue weighted by Gasteiger charge is -2.50. The Morgan fingerprint density at radius 2 is 1.57 bits per heavy atom. The molecule has 2 heterocycles. The fourth-order valence-corrected chi connectivity index (χ4v) is 6.78. The van der Waals surface area contributed by atoms with Crippen molar-refractivity contribution in [1.29, 1.82) is 0 Å². The van der Waals surface area contributed by atoms with Gasteiger partial charge in [0.05, 0.1) is 23.4 Å². The number of amides is 1. The Bertz CT molecular complexity index is 1250. The lowest BCUT2D eigenvalue weighted by Crippen LogP contribution is -2.61. The molecule has 6 nitrogen and oxygen atoms in total. The van der Waals surface area contributed by atoms with Crippen molar-refractivity contribution in [2.75, 3.05) is 13.1 Å². The highest BCUT2D eigenvalue weighted by molar-refractivity contribution is 6.34. The fraction of sp³-hybridized carbons (Fsp3) is 0.588. The molecule has 1 amide bonds. The third kappa shape index (κ3) is 7.50. The van der Waals surface area contributed by atoms with Gasteiger partial charge >= 0.3 is 5.97 Å². The molecule has 2 atom stereocenters. The van der Waals surface area contributed by atoms with Crippen molar-refractivity contribution >= 4 is 35.1 Å². The lowest BCUT2D eigenvalue weighted by molar-refractivity contribution is -0.138. The van der Waals surface area contributed by atoms with Crippen molar-refractivity contribution in [1.82, 2.24) is 15.1 Å². The number of halogens is 2. The zero-order valence-electron chi connectivity index (χ0n) is 26.4. The van der Waals surface area contributed by atoms with Gasteiger partial charge in [0.2, 0.25) is 5.91 Å². The van der Waals surface area contributed by atoms with E-state index >= 15 is 0 Å². The fourth-order valence-electron chi connectivity index (χ4n) is 6.24. The number of hydrogen-bond donors (Lipinski definition) is 1. The van der Waals surface area contributed by atoms with Crippen LogP contribution in [0.1, 0.15) is 115 Å². The molecule has 0 radical (unpaired) electrons. The number of carbonyl (C=O) groups excluding carboxylic acids is 2. The van der Waals surface area contributed by atoms with Crippen LogP contribution in [-0.2, 0) is 9.53 Å². The Morgan fingerprint density at radius 1 is 1.00 bits per heavy atom. The second-order valence-corrected chi connectivity index (χ2v) is 15.2. The monoisotopic (exact) mass is 615 g/mol. The largest absolute Gasteiger partial charge is 0.459 e. The Morgan fingerprint density at radius 3 is 2.07 bits per heavy atom. The highest BCUT2D eigenvalue weighted by Crippen LogP contribution is 2.46. The molecule has 42 heavy (non-hydrogen) atoms. The van der Waals surface area contributed by atoms with E-state index in [2.05, 4.69) is 56.7 Å². The van der Waals surface area contributed by atoms with Crippen molar-refractivity contribution in [2.45, 2.75) is 110 Å². The first kappa shape index (κ1) is 32.8. The minimum absolute atomic E-state index is 0.0275. The van der Waals surface area contributed by atoms with Gasteiger partial charge in [-0.3, -0.25) is 15.0 Å². The van der Waals surface area contributed by atoms with Gasteiger partial charge in [0.1, 0.15) is 6.04 Å². The predicted molar refractivity (Wildman–Crippen MR) is 171 cm³/mol. The molecule has 2 aromatic rings. The smallest absolute Gasteiger partial charge is 0.338 e. The average Bonchev–Trinajstić information content (AvgIpc) is 3.14. The van der Waals surface area contributed by atoms with Crippen LogP contribution in [0.3, 0.4) is 0 Å². The third-order valence-corrected chi connectivity index (χ3v) is 8.91. The molecule has 1 spiro atoms. The molecular weight excluding hydrogens is 569 g/mol. The number of rotatable bonds is 7. The number of likely N-dealkylation sites (tertiary alicyclic amines) is 1. The number of benzene rings is 2. The number of carbonyl (C=O) groups is 2. The summed E-state index contributed by atoms with van der Waals surface area (Å²) in [4.78, 5) is 31.8. The topological polar surface area (TPSA) is 61.9 Å². The molecular formula is C34H47Cl2N3O3. The van der Waals surface area contributed by atoms with Crippen molar-refractivity contribution in [3.05, 3.63) is 69.2 Å². The van der Waals surface area contributed by atoms with Gasteiger partial charge in [0, 0.05) is 28.7 Å². The molecule has 0 aromatic heterocycles. The van der Waals surface area contributed by atoms with Crippen LogP contribution >= 0.6 is 23.2 Å². The van der Waals surface area contributed by atoms with Gasteiger partial charge in [0.25, 0.3) is 0 Å². The van der Waals surface area contributed by atoms with Crippen molar-refractivity contribution in [2.24, 2.45) is 5.41 Å². The van der Waals surface area contributed by atoms with Crippen molar-refractivity contribution in [3.63, 3.8) is 0 Å². The summed E-state index contributed by atoms with van der Waals surface area (Å²) >= 11 is 12.8.